The van der Waals surface area contributed by atoms with Gasteiger partial charge in [0.25, 0.3) is 5.91 Å². The Bertz CT molecular complexity index is 1080. The Morgan fingerprint density at radius 3 is 2.65 bits per heavy atom. The Morgan fingerprint density at radius 2 is 1.85 bits per heavy atom. The van der Waals surface area contributed by atoms with Crippen molar-refractivity contribution in [3.05, 3.63) is 76.1 Å². The van der Waals surface area contributed by atoms with E-state index in [0.29, 0.717) is 23.1 Å². The van der Waals surface area contributed by atoms with E-state index >= 15 is 0 Å². The molecule has 130 valence electrons. The average Bonchev–Trinajstić information content (AvgIpc) is 3.06. The summed E-state index contributed by atoms with van der Waals surface area (Å²) in [5, 5.41) is 0.399. The normalized spacial score (nSPS) is 15.7. The van der Waals surface area contributed by atoms with Crippen molar-refractivity contribution in [3.8, 4) is 0 Å². The van der Waals surface area contributed by atoms with Gasteiger partial charge in [0.05, 0.1) is 12.5 Å². The molecule has 1 aromatic heterocycles. The quantitative estimate of drug-likeness (QED) is 0.665. The third-order valence-corrected chi connectivity index (χ3v) is 4.51. The molecule has 2 heterocycles. The highest BCUT2D eigenvalue weighted by Crippen LogP contribution is 2.34. The number of methoxy groups -OCH3 is 1. The number of amides is 1. The van der Waals surface area contributed by atoms with Crippen molar-refractivity contribution >= 4 is 28.5 Å². The molecule has 0 N–H and O–H groups in total. The van der Waals surface area contributed by atoms with E-state index in [1.807, 2.05) is 12.1 Å². The second-order valence-electron chi connectivity index (χ2n) is 6.02. The Hall–Kier alpha value is -3.41. The predicted octanol–water partition coefficient (Wildman–Crippen LogP) is 2.54. The molecule has 6 nitrogen and oxygen atoms in total. The highest BCUT2D eigenvalue weighted by molar-refractivity contribution is 6.10. The standard InChI is InChI=1S/C20H15NO5/c1-25-20(24)15-10-12-6-2-4-8-14(12)21(15)19(23)18-11-16(22)13-7-3-5-9-17(13)26-18/h2-9,11,15H,10H2,1H3/t15-/m0/s1. The summed E-state index contributed by atoms with van der Waals surface area (Å²) in [6.07, 6.45) is 0.354. The summed E-state index contributed by atoms with van der Waals surface area (Å²) in [6, 6.07) is 14.3. The fourth-order valence-corrected chi connectivity index (χ4v) is 3.29. The number of nitrogens with zero attached hydrogens (tertiary/aromatic N) is 1. The maximum absolute atomic E-state index is 13.1. The molecule has 4 rings (SSSR count). The number of hydrogen-bond donors (Lipinski definition) is 0. The zero-order chi connectivity index (χ0) is 18.3. The topological polar surface area (TPSA) is 76.8 Å². The van der Waals surface area contributed by atoms with Crippen LogP contribution in [0.1, 0.15) is 16.1 Å². The number of benzene rings is 2. The van der Waals surface area contributed by atoms with E-state index in [2.05, 4.69) is 0 Å². The molecule has 0 aliphatic carbocycles. The molecular weight excluding hydrogens is 334 g/mol. The van der Waals surface area contributed by atoms with Gasteiger partial charge in [-0.15, -0.1) is 0 Å². The molecule has 1 aliphatic rings. The number of para-hydroxylation sites is 2. The lowest BCUT2D eigenvalue weighted by atomic mass is 10.1. The first-order chi connectivity index (χ1) is 12.6. The number of carbonyl (C=O) groups excluding carboxylic acids is 2. The third-order valence-electron chi connectivity index (χ3n) is 4.51. The van der Waals surface area contributed by atoms with Gasteiger partial charge < -0.3 is 9.15 Å². The molecule has 0 fully saturated rings. The van der Waals surface area contributed by atoms with Crippen molar-refractivity contribution in [1.82, 2.24) is 0 Å². The fraction of sp³-hybridized carbons (Fsp3) is 0.150. The van der Waals surface area contributed by atoms with Crippen LogP contribution in [0.25, 0.3) is 11.0 Å². The minimum Gasteiger partial charge on any atom is -0.467 e. The molecule has 1 atom stereocenters. The van der Waals surface area contributed by atoms with Gasteiger partial charge in [-0.3, -0.25) is 14.5 Å². The van der Waals surface area contributed by atoms with Crippen LogP contribution in [-0.4, -0.2) is 25.0 Å². The van der Waals surface area contributed by atoms with Crippen LogP contribution in [0.5, 0.6) is 0 Å². The lowest BCUT2D eigenvalue weighted by Crippen LogP contribution is -2.43. The van der Waals surface area contributed by atoms with E-state index in [-0.39, 0.29) is 11.2 Å². The van der Waals surface area contributed by atoms with E-state index in [4.69, 9.17) is 9.15 Å². The second-order valence-corrected chi connectivity index (χ2v) is 6.02. The van der Waals surface area contributed by atoms with Gasteiger partial charge in [0.15, 0.2) is 11.2 Å². The summed E-state index contributed by atoms with van der Waals surface area (Å²) in [5.41, 5.74) is 1.49. The minimum absolute atomic E-state index is 0.112. The number of rotatable bonds is 2. The molecule has 0 spiro atoms. The highest BCUT2D eigenvalue weighted by Gasteiger charge is 2.40. The number of hydrogen-bond acceptors (Lipinski definition) is 5. The van der Waals surface area contributed by atoms with Gasteiger partial charge in [0.2, 0.25) is 0 Å². The molecule has 0 saturated heterocycles. The maximum atomic E-state index is 13.1. The summed E-state index contributed by atoms with van der Waals surface area (Å²) in [4.78, 5) is 39.0. The second kappa shape index (κ2) is 6.15. The number of fused-ring (bicyclic) bond motifs is 2. The Kier molecular flexibility index (Phi) is 3.80. The van der Waals surface area contributed by atoms with Crippen LogP contribution in [-0.2, 0) is 16.0 Å². The molecular formula is C20H15NO5. The van der Waals surface area contributed by atoms with Crippen LogP contribution in [0.15, 0.2) is 63.8 Å². The van der Waals surface area contributed by atoms with E-state index in [0.717, 1.165) is 5.56 Å². The predicted molar refractivity (Wildman–Crippen MR) is 95.2 cm³/mol. The molecule has 0 saturated carbocycles. The van der Waals surface area contributed by atoms with Gasteiger partial charge in [-0.2, -0.15) is 0 Å². The Labute approximate surface area is 148 Å². The molecule has 26 heavy (non-hydrogen) atoms. The van der Waals surface area contributed by atoms with Crippen molar-refractivity contribution < 1.29 is 18.7 Å². The zero-order valence-corrected chi connectivity index (χ0v) is 14.0. The largest absolute Gasteiger partial charge is 0.467 e. The number of anilines is 1. The SMILES string of the molecule is COC(=O)[C@@H]1Cc2ccccc2N1C(=O)c1cc(=O)c2ccccc2o1. The van der Waals surface area contributed by atoms with Crippen molar-refractivity contribution in [2.45, 2.75) is 12.5 Å². The summed E-state index contributed by atoms with van der Waals surface area (Å²) < 4.78 is 10.5. The monoisotopic (exact) mass is 349 g/mol. The molecule has 6 heteroatoms. The molecule has 1 amide bonds. The van der Waals surface area contributed by atoms with Crippen LogP contribution in [0.3, 0.4) is 0 Å². The summed E-state index contributed by atoms with van der Waals surface area (Å²) in [6.45, 7) is 0. The van der Waals surface area contributed by atoms with Crippen molar-refractivity contribution in [2.75, 3.05) is 12.0 Å². The number of ether oxygens (including phenoxy) is 1. The Morgan fingerprint density at radius 1 is 1.12 bits per heavy atom. The summed E-state index contributed by atoms with van der Waals surface area (Å²) >= 11 is 0. The summed E-state index contributed by atoms with van der Waals surface area (Å²) in [5.74, 6) is -1.18. The maximum Gasteiger partial charge on any atom is 0.329 e. The van der Waals surface area contributed by atoms with Crippen molar-refractivity contribution in [1.29, 1.82) is 0 Å². The lowest BCUT2D eigenvalue weighted by molar-refractivity contribution is -0.141. The van der Waals surface area contributed by atoms with Crippen LogP contribution in [0, 0.1) is 0 Å². The number of esters is 1. The van der Waals surface area contributed by atoms with Gasteiger partial charge >= 0.3 is 5.97 Å². The Balaban J connectivity index is 1.83. The van der Waals surface area contributed by atoms with Gasteiger partial charge in [-0.1, -0.05) is 30.3 Å². The van der Waals surface area contributed by atoms with E-state index < -0.39 is 17.9 Å². The summed E-state index contributed by atoms with van der Waals surface area (Å²) in [7, 11) is 1.28. The van der Waals surface area contributed by atoms with Gasteiger partial charge in [-0.25, -0.2) is 4.79 Å². The van der Waals surface area contributed by atoms with E-state index in [1.165, 1.54) is 18.1 Å². The first-order valence-electron chi connectivity index (χ1n) is 8.12. The van der Waals surface area contributed by atoms with Crippen molar-refractivity contribution in [3.63, 3.8) is 0 Å². The van der Waals surface area contributed by atoms with Crippen LogP contribution in [0.4, 0.5) is 5.69 Å². The molecule has 1 aliphatic heterocycles. The highest BCUT2D eigenvalue weighted by atomic mass is 16.5. The molecule has 3 aromatic rings. The van der Waals surface area contributed by atoms with Crippen LogP contribution >= 0.6 is 0 Å². The van der Waals surface area contributed by atoms with Crippen LogP contribution < -0.4 is 10.3 Å². The molecule has 0 unspecified atom stereocenters. The van der Waals surface area contributed by atoms with Gasteiger partial charge in [0.1, 0.15) is 11.6 Å². The molecule has 2 aromatic carbocycles. The minimum atomic E-state index is -0.790. The fourth-order valence-electron chi connectivity index (χ4n) is 3.29. The third kappa shape index (κ3) is 2.47. The average molecular weight is 349 g/mol. The lowest BCUT2D eigenvalue weighted by Gasteiger charge is -2.23. The number of carbonyl (C=O) groups is 2. The first-order valence-corrected chi connectivity index (χ1v) is 8.12. The van der Waals surface area contributed by atoms with Crippen LogP contribution in [0.2, 0.25) is 0 Å². The van der Waals surface area contributed by atoms with Gasteiger partial charge in [0, 0.05) is 18.2 Å². The smallest absolute Gasteiger partial charge is 0.329 e. The van der Waals surface area contributed by atoms with E-state index in [1.54, 1.807) is 36.4 Å². The molecule has 0 bridgehead atoms. The van der Waals surface area contributed by atoms with E-state index in [9.17, 15) is 14.4 Å². The zero-order valence-electron chi connectivity index (χ0n) is 14.0. The van der Waals surface area contributed by atoms with Gasteiger partial charge in [-0.05, 0) is 23.8 Å². The molecule has 0 radical (unpaired) electrons. The van der Waals surface area contributed by atoms with Crippen molar-refractivity contribution in [2.24, 2.45) is 0 Å². The first kappa shape index (κ1) is 16.1.